The van der Waals surface area contributed by atoms with Crippen LogP contribution in [0.3, 0.4) is 0 Å². The van der Waals surface area contributed by atoms with Crippen LogP contribution in [0.1, 0.15) is 52.3 Å². The van der Waals surface area contributed by atoms with E-state index in [4.69, 9.17) is 16.3 Å². The van der Waals surface area contributed by atoms with E-state index < -0.39 is 18.0 Å². The van der Waals surface area contributed by atoms with E-state index in [9.17, 15) is 7.54 Å². The van der Waals surface area contributed by atoms with Crippen LogP contribution >= 0.6 is 11.6 Å². The normalized spacial score (nSPS) is 31.7. The number of benzene rings is 1. The fourth-order valence-corrected chi connectivity index (χ4v) is 5.48. The highest BCUT2D eigenvalue weighted by atomic mass is 35.5. The van der Waals surface area contributed by atoms with Gasteiger partial charge in [-0.05, 0) is 43.7 Å². The van der Waals surface area contributed by atoms with Gasteiger partial charge in [0.2, 0.25) is 0 Å². The molecule has 1 N–H and O–H groups in total. The second-order valence-electron chi connectivity index (χ2n) is 9.01. The summed E-state index contributed by atoms with van der Waals surface area (Å²) >= 11 is 6.40. The molecule has 0 bridgehead atoms. The van der Waals surface area contributed by atoms with Crippen molar-refractivity contribution in [3.05, 3.63) is 52.3 Å². The number of halogens is 1. The summed E-state index contributed by atoms with van der Waals surface area (Å²) in [6.45, 7) is 5.57. The Hall–Kier alpha value is -2.05. The summed E-state index contributed by atoms with van der Waals surface area (Å²) in [5.41, 5.74) is 1.75. The Kier molecular flexibility index (Phi) is 3.73. The Morgan fingerprint density at radius 2 is 2.14 bits per heavy atom. The third kappa shape index (κ3) is 2.96. The van der Waals surface area contributed by atoms with Gasteiger partial charge in [-0.3, -0.25) is 9.58 Å². The Morgan fingerprint density at radius 1 is 1.38 bits per heavy atom. The van der Waals surface area contributed by atoms with Crippen LogP contribution in [0.15, 0.2) is 30.5 Å². The molecular formula is C22H27ClN4O2. The molecule has 1 aliphatic carbocycles. The minimum Gasteiger partial charge on any atom is -0.441 e. The number of aromatic nitrogens is 2. The quantitative estimate of drug-likeness (QED) is 0.823. The highest BCUT2D eigenvalue weighted by Crippen LogP contribution is 2.51. The van der Waals surface area contributed by atoms with Gasteiger partial charge in [-0.15, -0.1) is 0 Å². The van der Waals surface area contributed by atoms with E-state index in [1.807, 2.05) is 18.2 Å². The number of amides is 1. The Balaban J connectivity index is 1.51. The SMILES string of the molecule is [2H]C([2H])(c1c(Cl)cnn1C)C1c2ccccc2C(C)(C)N1CC1CC2(CNC(=O)O2)C1. The van der Waals surface area contributed by atoms with Crippen LogP contribution in [0.25, 0.3) is 0 Å². The molecule has 1 amide bonds. The van der Waals surface area contributed by atoms with Gasteiger partial charge in [0.1, 0.15) is 5.60 Å². The van der Waals surface area contributed by atoms with Crippen molar-refractivity contribution in [3.8, 4) is 0 Å². The average molecular weight is 417 g/mol. The number of hydrogen-bond donors (Lipinski definition) is 1. The van der Waals surface area contributed by atoms with E-state index in [-0.39, 0.29) is 11.6 Å². The van der Waals surface area contributed by atoms with Gasteiger partial charge in [-0.25, -0.2) is 4.79 Å². The number of ether oxygens (including phenoxy) is 1. The third-order valence-corrected chi connectivity index (χ3v) is 7.03. The number of carbonyl (C=O) groups is 1. The largest absolute Gasteiger partial charge is 0.441 e. The molecule has 1 spiro atoms. The standard InChI is InChI=1S/C22H27ClN4O2/c1-21(2)16-7-5-4-6-15(16)18(8-19-17(23)11-25-26(19)3)27(21)12-14-9-22(10-14)13-24-20(28)29-22/h4-7,11,14,18H,8-10,12-13H2,1-3H3,(H,24,28)/i8D2. The lowest BCUT2D eigenvalue weighted by Gasteiger charge is -2.47. The number of rotatable bonds is 4. The van der Waals surface area contributed by atoms with E-state index in [0.717, 1.165) is 24.0 Å². The lowest BCUT2D eigenvalue weighted by atomic mass is 9.70. The van der Waals surface area contributed by atoms with Gasteiger partial charge in [0.05, 0.1) is 23.5 Å². The molecule has 1 aromatic carbocycles. The third-order valence-electron chi connectivity index (χ3n) is 6.75. The minimum atomic E-state index is -1.75. The molecule has 7 heteroatoms. The lowest BCUT2D eigenvalue weighted by Crippen LogP contribution is -2.52. The maximum atomic E-state index is 11.5. The summed E-state index contributed by atoms with van der Waals surface area (Å²) in [7, 11) is 1.73. The van der Waals surface area contributed by atoms with Crippen molar-refractivity contribution in [1.82, 2.24) is 20.0 Å². The molecule has 5 rings (SSSR count). The topological polar surface area (TPSA) is 59.4 Å². The van der Waals surface area contributed by atoms with Gasteiger partial charge in [0.15, 0.2) is 0 Å². The zero-order chi connectivity index (χ0) is 22.2. The first-order chi connectivity index (χ1) is 14.6. The second kappa shape index (κ2) is 6.47. The van der Waals surface area contributed by atoms with Crippen LogP contribution in [0.4, 0.5) is 4.79 Å². The molecule has 1 atom stereocenters. The molecule has 1 saturated carbocycles. The van der Waals surface area contributed by atoms with E-state index in [1.54, 1.807) is 7.05 Å². The maximum Gasteiger partial charge on any atom is 0.407 e. The fourth-order valence-electron chi connectivity index (χ4n) is 5.26. The lowest BCUT2D eigenvalue weighted by molar-refractivity contribution is -0.0684. The molecule has 3 heterocycles. The van der Waals surface area contributed by atoms with Crippen molar-refractivity contribution < 1.29 is 12.3 Å². The highest BCUT2D eigenvalue weighted by molar-refractivity contribution is 6.31. The van der Waals surface area contributed by atoms with Crippen molar-refractivity contribution in [1.29, 1.82) is 0 Å². The molecule has 3 aliphatic rings. The molecule has 154 valence electrons. The number of hydrogen-bond acceptors (Lipinski definition) is 4. The van der Waals surface area contributed by atoms with E-state index >= 15 is 0 Å². The Morgan fingerprint density at radius 3 is 2.79 bits per heavy atom. The number of fused-ring (bicyclic) bond motifs is 1. The van der Waals surface area contributed by atoms with Gasteiger partial charge in [-0.1, -0.05) is 35.9 Å². The van der Waals surface area contributed by atoms with Gasteiger partial charge in [-0.2, -0.15) is 5.10 Å². The van der Waals surface area contributed by atoms with Crippen LogP contribution in [-0.2, 0) is 23.7 Å². The first-order valence-corrected chi connectivity index (χ1v) is 10.4. The summed E-state index contributed by atoms with van der Waals surface area (Å²) in [6.07, 6.45) is 0.984. The molecular weight excluding hydrogens is 388 g/mol. The summed E-state index contributed by atoms with van der Waals surface area (Å²) < 4.78 is 25.5. The van der Waals surface area contributed by atoms with Crippen LogP contribution in [0, 0.1) is 5.92 Å². The number of alkyl carbamates (subject to hydrolysis) is 1. The highest BCUT2D eigenvalue weighted by Gasteiger charge is 2.53. The molecule has 2 aromatic rings. The molecule has 6 nitrogen and oxygen atoms in total. The van der Waals surface area contributed by atoms with Crippen LogP contribution < -0.4 is 5.32 Å². The average Bonchev–Trinajstić information content (AvgIpc) is 3.29. The molecule has 1 saturated heterocycles. The zero-order valence-corrected chi connectivity index (χ0v) is 17.7. The van der Waals surface area contributed by atoms with Crippen LogP contribution in [0.2, 0.25) is 5.02 Å². The fraction of sp³-hybridized carbons (Fsp3) is 0.545. The molecule has 2 aliphatic heterocycles. The number of carbonyl (C=O) groups excluding carboxylic acids is 1. The van der Waals surface area contributed by atoms with Gasteiger partial charge in [0, 0.05) is 34.3 Å². The molecule has 0 radical (unpaired) electrons. The van der Waals surface area contributed by atoms with Crippen molar-refractivity contribution in [2.75, 3.05) is 13.1 Å². The van der Waals surface area contributed by atoms with Crippen molar-refractivity contribution in [2.45, 2.75) is 50.2 Å². The molecule has 1 aromatic heterocycles. The van der Waals surface area contributed by atoms with Crippen molar-refractivity contribution >= 4 is 17.7 Å². The molecule has 29 heavy (non-hydrogen) atoms. The van der Waals surface area contributed by atoms with Crippen LogP contribution in [0.5, 0.6) is 0 Å². The summed E-state index contributed by atoms with van der Waals surface area (Å²) in [5.74, 6) is 0.321. The van der Waals surface area contributed by atoms with E-state index in [0.29, 0.717) is 29.7 Å². The van der Waals surface area contributed by atoms with E-state index in [2.05, 4.69) is 35.2 Å². The molecule has 2 fully saturated rings. The first kappa shape index (κ1) is 16.7. The number of nitrogens with one attached hydrogen (secondary N) is 1. The van der Waals surface area contributed by atoms with Gasteiger partial charge >= 0.3 is 6.09 Å². The van der Waals surface area contributed by atoms with Crippen LogP contribution in [-0.4, -0.2) is 39.5 Å². The minimum absolute atomic E-state index is 0.321. The zero-order valence-electron chi connectivity index (χ0n) is 18.9. The molecule has 1 unspecified atom stereocenters. The predicted octanol–water partition coefficient (Wildman–Crippen LogP) is 3.80. The Labute approximate surface area is 179 Å². The maximum absolute atomic E-state index is 11.5. The smallest absolute Gasteiger partial charge is 0.407 e. The van der Waals surface area contributed by atoms with Crippen molar-refractivity contribution in [2.24, 2.45) is 13.0 Å². The van der Waals surface area contributed by atoms with Crippen molar-refractivity contribution in [3.63, 3.8) is 0 Å². The summed E-state index contributed by atoms with van der Waals surface area (Å²) in [5, 5.41) is 7.28. The number of nitrogens with zero attached hydrogens (tertiary/aromatic N) is 3. The summed E-state index contributed by atoms with van der Waals surface area (Å²) in [4.78, 5) is 13.8. The summed E-state index contributed by atoms with van der Waals surface area (Å²) in [6, 6.07) is 7.58. The van der Waals surface area contributed by atoms with E-state index in [1.165, 1.54) is 10.9 Å². The predicted molar refractivity (Wildman–Crippen MR) is 111 cm³/mol. The Bertz CT molecular complexity index is 1030. The monoisotopic (exact) mass is 416 g/mol. The first-order valence-electron chi connectivity index (χ1n) is 11.1. The number of aryl methyl sites for hydroxylation is 1. The van der Waals surface area contributed by atoms with Gasteiger partial charge < -0.3 is 10.1 Å². The van der Waals surface area contributed by atoms with Gasteiger partial charge in [0.25, 0.3) is 0 Å². The second-order valence-corrected chi connectivity index (χ2v) is 9.42.